The normalized spacial score (nSPS) is 13.4. The Morgan fingerprint density at radius 3 is 2.76 bits per heavy atom. The van der Waals surface area contributed by atoms with E-state index in [9.17, 15) is 4.79 Å². The zero-order valence-corrected chi connectivity index (χ0v) is 14.8. The Hall–Kier alpha value is -2.66. The number of hydrogen-bond donors (Lipinski definition) is 0. The zero-order chi connectivity index (χ0) is 17.2. The van der Waals surface area contributed by atoms with Gasteiger partial charge < -0.3 is 9.64 Å². The number of aromatic nitrogens is 1. The van der Waals surface area contributed by atoms with Crippen LogP contribution in [-0.2, 0) is 6.42 Å². The SMILES string of the molecule is COc1ccc(-c2nc(C(=O)N3CCCc4ccccc43)cs2)cc1. The molecule has 0 radical (unpaired) electrons. The van der Waals surface area contributed by atoms with Gasteiger partial charge in [-0.15, -0.1) is 11.3 Å². The van der Waals surface area contributed by atoms with Crippen molar-refractivity contribution in [3.8, 4) is 16.3 Å². The highest BCUT2D eigenvalue weighted by Crippen LogP contribution is 2.30. The van der Waals surface area contributed by atoms with Crippen molar-refractivity contribution in [3.05, 3.63) is 65.2 Å². The smallest absolute Gasteiger partial charge is 0.277 e. The fraction of sp³-hybridized carbons (Fsp3) is 0.200. The molecule has 1 aromatic heterocycles. The van der Waals surface area contributed by atoms with Gasteiger partial charge in [0.2, 0.25) is 0 Å². The number of ether oxygens (including phenoxy) is 1. The first-order chi connectivity index (χ1) is 12.3. The Labute approximate surface area is 150 Å². The second kappa shape index (κ2) is 6.69. The number of amides is 1. The Bertz CT molecular complexity index is 902. The highest BCUT2D eigenvalue weighted by Gasteiger charge is 2.25. The largest absolute Gasteiger partial charge is 0.497 e. The van der Waals surface area contributed by atoms with Gasteiger partial charge >= 0.3 is 0 Å². The number of carbonyl (C=O) groups excluding carboxylic acids is 1. The van der Waals surface area contributed by atoms with E-state index in [1.807, 2.05) is 52.7 Å². The van der Waals surface area contributed by atoms with Crippen LogP contribution in [-0.4, -0.2) is 24.5 Å². The van der Waals surface area contributed by atoms with Gasteiger partial charge in [-0.05, 0) is 48.7 Å². The lowest BCUT2D eigenvalue weighted by Gasteiger charge is -2.28. The molecule has 0 aliphatic carbocycles. The van der Waals surface area contributed by atoms with Crippen LogP contribution < -0.4 is 9.64 Å². The van der Waals surface area contributed by atoms with E-state index in [1.165, 1.54) is 16.9 Å². The lowest BCUT2D eigenvalue weighted by molar-refractivity contribution is 0.0981. The second-order valence-electron chi connectivity index (χ2n) is 5.96. The number of thiazole rings is 1. The van der Waals surface area contributed by atoms with Gasteiger partial charge in [-0.3, -0.25) is 4.79 Å². The van der Waals surface area contributed by atoms with E-state index in [2.05, 4.69) is 11.1 Å². The first-order valence-electron chi connectivity index (χ1n) is 8.26. The van der Waals surface area contributed by atoms with Gasteiger partial charge in [-0.2, -0.15) is 0 Å². The molecule has 3 aromatic rings. The van der Waals surface area contributed by atoms with Crippen LogP contribution in [0.5, 0.6) is 5.75 Å². The highest BCUT2D eigenvalue weighted by atomic mass is 32.1. The first-order valence-corrected chi connectivity index (χ1v) is 9.14. The standard InChI is InChI=1S/C20H18N2O2S/c1-24-16-10-8-15(9-11-16)19-21-17(13-25-19)20(23)22-12-4-6-14-5-2-3-7-18(14)22/h2-3,5,7-11,13H,4,6,12H2,1H3. The van der Waals surface area contributed by atoms with Crippen molar-refractivity contribution in [2.75, 3.05) is 18.6 Å². The van der Waals surface area contributed by atoms with Gasteiger partial charge in [0.05, 0.1) is 7.11 Å². The molecule has 1 amide bonds. The third-order valence-corrected chi connectivity index (χ3v) is 5.31. The van der Waals surface area contributed by atoms with Crippen LogP contribution in [0.25, 0.3) is 10.6 Å². The average Bonchev–Trinajstić information content (AvgIpc) is 3.17. The summed E-state index contributed by atoms with van der Waals surface area (Å²) in [5.41, 5.74) is 3.74. The molecule has 0 spiro atoms. The van der Waals surface area contributed by atoms with E-state index in [4.69, 9.17) is 4.74 Å². The van der Waals surface area contributed by atoms with Crippen LogP contribution in [0.4, 0.5) is 5.69 Å². The number of fused-ring (bicyclic) bond motifs is 1. The molecule has 0 saturated heterocycles. The van der Waals surface area contributed by atoms with E-state index < -0.39 is 0 Å². The van der Waals surface area contributed by atoms with Gasteiger partial charge in [-0.25, -0.2) is 4.98 Å². The van der Waals surface area contributed by atoms with E-state index >= 15 is 0 Å². The van der Waals surface area contributed by atoms with Crippen molar-refractivity contribution in [2.24, 2.45) is 0 Å². The van der Waals surface area contributed by atoms with Gasteiger partial charge in [0.1, 0.15) is 16.5 Å². The minimum atomic E-state index is -0.0249. The molecule has 0 atom stereocenters. The maximum Gasteiger partial charge on any atom is 0.277 e. The summed E-state index contributed by atoms with van der Waals surface area (Å²) in [4.78, 5) is 19.4. The Morgan fingerprint density at radius 2 is 1.96 bits per heavy atom. The van der Waals surface area contributed by atoms with E-state index in [0.29, 0.717) is 5.69 Å². The summed E-state index contributed by atoms with van der Waals surface area (Å²) in [6.45, 7) is 0.741. The van der Waals surface area contributed by atoms with E-state index in [1.54, 1.807) is 7.11 Å². The predicted octanol–water partition coefficient (Wildman–Crippen LogP) is 4.41. The average molecular weight is 350 g/mol. The number of carbonyl (C=O) groups is 1. The van der Waals surface area contributed by atoms with Crippen LogP contribution in [0.2, 0.25) is 0 Å². The molecule has 1 aliphatic rings. The summed E-state index contributed by atoms with van der Waals surface area (Å²) in [7, 11) is 1.64. The highest BCUT2D eigenvalue weighted by molar-refractivity contribution is 7.13. The number of anilines is 1. The molecule has 0 saturated carbocycles. The van der Waals surface area contributed by atoms with Gasteiger partial charge in [-0.1, -0.05) is 18.2 Å². The van der Waals surface area contributed by atoms with E-state index in [0.717, 1.165) is 41.4 Å². The summed E-state index contributed by atoms with van der Waals surface area (Å²) < 4.78 is 5.18. The second-order valence-corrected chi connectivity index (χ2v) is 6.81. The number of nitrogens with zero attached hydrogens (tertiary/aromatic N) is 2. The van der Waals surface area contributed by atoms with Crippen molar-refractivity contribution >= 4 is 22.9 Å². The molecule has 4 rings (SSSR count). The number of rotatable bonds is 3. The Morgan fingerprint density at radius 1 is 1.16 bits per heavy atom. The zero-order valence-electron chi connectivity index (χ0n) is 13.9. The molecule has 0 unspecified atom stereocenters. The lowest BCUT2D eigenvalue weighted by atomic mass is 10.0. The van der Waals surface area contributed by atoms with Crippen LogP contribution in [0.3, 0.4) is 0 Å². The molecule has 2 heterocycles. The molecule has 0 N–H and O–H groups in total. The molecule has 5 heteroatoms. The Kier molecular flexibility index (Phi) is 4.24. The molecular weight excluding hydrogens is 332 g/mol. The fourth-order valence-corrected chi connectivity index (χ4v) is 3.92. The van der Waals surface area contributed by atoms with Gasteiger partial charge in [0.15, 0.2) is 0 Å². The minimum Gasteiger partial charge on any atom is -0.497 e. The molecular formula is C20H18N2O2S. The summed E-state index contributed by atoms with van der Waals surface area (Å²) in [5, 5.41) is 2.69. The molecule has 126 valence electrons. The molecule has 25 heavy (non-hydrogen) atoms. The molecule has 4 nitrogen and oxygen atoms in total. The molecule has 0 bridgehead atoms. The van der Waals surface area contributed by atoms with Crippen molar-refractivity contribution < 1.29 is 9.53 Å². The minimum absolute atomic E-state index is 0.0249. The molecule has 2 aromatic carbocycles. The van der Waals surface area contributed by atoms with Gasteiger partial charge in [0.25, 0.3) is 5.91 Å². The van der Waals surface area contributed by atoms with Crippen molar-refractivity contribution in [2.45, 2.75) is 12.8 Å². The topological polar surface area (TPSA) is 42.4 Å². The monoisotopic (exact) mass is 350 g/mol. The number of benzene rings is 2. The van der Waals surface area contributed by atoms with Crippen LogP contribution in [0.15, 0.2) is 53.9 Å². The number of hydrogen-bond acceptors (Lipinski definition) is 4. The third-order valence-electron chi connectivity index (χ3n) is 4.42. The third kappa shape index (κ3) is 3.03. The van der Waals surface area contributed by atoms with Crippen molar-refractivity contribution in [3.63, 3.8) is 0 Å². The first kappa shape index (κ1) is 15.8. The molecule has 0 fully saturated rings. The van der Waals surface area contributed by atoms with Gasteiger partial charge in [0, 0.05) is 23.2 Å². The maximum atomic E-state index is 13.0. The number of para-hydroxylation sites is 1. The van der Waals surface area contributed by atoms with Crippen LogP contribution >= 0.6 is 11.3 Å². The van der Waals surface area contributed by atoms with Crippen LogP contribution in [0.1, 0.15) is 22.5 Å². The van der Waals surface area contributed by atoms with E-state index in [-0.39, 0.29) is 5.91 Å². The summed E-state index contributed by atoms with van der Waals surface area (Å²) >= 11 is 1.49. The Balaban J connectivity index is 1.61. The van der Waals surface area contributed by atoms with Crippen LogP contribution in [0, 0.1) is 0 Å². The predicted molar refractivity (Wildman–Crippen MR) is 101 cm³/mol. The summed E-state index contributed by atoms with van der Waals surface area (Å²) in [6, 6.07) is 15.8. The summed E-state index contributed by atoms with van der Waals surface area (Å²) in [6.07, 6.45) is 2.01. The number of aryl methyl sites for hydroxylation is 1. The summed E-state index contributed by atoms with van der Waals surface area (Å²) in [5.74, 6) is 0.782. The van der Waals surface area contributed by atoms with Crippen molar-refractivity contribution in [1.82, 2.24) is 4.98 Å². The lowest BCUT2D eigenvalue weighted by Crippen LogP contribution is -2.35. The number of methoxy groups -OCH3 is 1. The fourth-order valence-electron chi connectivity index (χ4n) is 3.12. The van der Waals surface area contributed by atoms with Crippen molar-refractivity contribution in [1.29, 1.82) is 0 Å². The molecule has 1 aliphatic heterocycles. The maximum absolute atomic E-state index is 13.0. The quantitative estimate of drug-likeness (QED) is 0.702.